The molecule has 0 bridgehead atoms. The molecule has 1 unspecified atom stereocenters. The van der Waals surface area contributed by atoms with Crippen molar-refractivity contribution in [2.45, 2.75) is 118 Å². The largest absolute Gasteiger partial charge is 0.460 e. The van der Waals surface area contributed by atoms with Gasteiger partial charge in [-0.2, -0.15) is 0 Å². The van der Waals surface area contributed by atoms with E-state index in [9.17, 15) is 4.79 Å². The molecule has 0 aromatic rings. The van der Waals surface area contributed by atoms with Gasteiger partial charge in [-0.05, 0) is 108 Å². The number of esters is 1. The number of allylic oxidation sites excluding steroid dienone is 4. The SMILES string of the molecule is C/C=C(\C=C[C@H]1CC[C@@H](CC(C)C)CC1)C(CCCOCCCC)CC(=O)OC(C)(C)C. The molecule has 1 saturated carbocycles. The van der Waals surface area contributed by atoms with Crippen molar-refractivity contribution in [2.75, 3.05) is 13.2 Å². The smallest absolute Gasteiger partial charge is 0.306 e. The van der Waals surface area contributed by atoms with E-state index in [1.807, 2.05) is 20.8 Å². The van der Waals surface area contributed by atoms with Crippen molar-refractivity contribution >= 4 is 5.97 Å². The van der Waals surface area contributed by atoms with Crippen LogP contribution in [0.1, 0.15) is 113 Å². The van der Waals surface area contributed by atoms with Crippen LogP contribution in [-0.4, -0.2) is 24.8 Å². The van der Waals surface area contributed by atoms with E-state index in [-0.39, 0.29) is 11.9 Å². The first-order chi connectivity index (χ1) is 15.1. The summed E-state index contributed by atoms with van der Waals surface area (Å²) in [5.74, 6) is 2.48. The van der Waals surface area contributed by atoms with Crippen LogP contribution in [0.25, 0.3) is 0 Å². The Morgan fingerprint density at radius 2 is 1.72 bits per heavy atom. The van der Waals surface area contributed by atoms with Gasteiger partial charge in [0.15, 0.2) is 0 Å². The second kappa shape index (κ2) is 15.7. The quantitative estimate of drug-likeness (QED) is 0.152. The topological polar surface area (TPSA) is 35.5 Å². The van der Waals surface area contributed by atoms with E-state index in [0.717, 1.165) is 50.7 Å². The fourth-order valence-corrected chi connectivity index (χ4v) is 4.75. The summed E-state index contributed by atoms with van der Waals surface area (Å²) in [6.07, 6.45) is 18.2. The zero-order chi connectivity index (χ0) is 24.0. The average molecular weight is 449 g/mol. The van der Waals surface area contributed by atoms with E-state index in [4.69, 9.17) is 9.47 Å². The van der Waals surface area contributed by atoms with Gasteiger partial charge in [0.2, 0.25) is 0 Å². The van der Waals surface area contributed by atoms with Crippen LogP contribution in [0, 0.1) is 23.7 Å². The van der Waals surface area contributed by atoms with Crippen LogP contribution in [0.4, 0.5) is 0 Å². The van der Waals surface area contributed by atoms with Crippen molar-refractivity contribution in [3.8, 4) is 0 Å². The van der Waals surface area contributed by atoms with Crippen LogP contribution in [0.3, 0.4) is 0 Å². The summed E-state index contributed by atoms with van der Waals surface area (Å²) in [6, 6.07) is 0. The molecule has 0 saturated heterocycles. The molecule has 0 radical (unpaired) electrons. The maximum atomic E-state index is 12.6. The van der Waals surface area contributed by atoms with Crippen molar-refractivity contribution in [2.24, 2.45) is 23.7 Å². The molecule has 0 aromatic carbocycles. The molecule has 1 aliphatic carbocycles. The Bertz CT molecular complexity index is 559. The highest BCUT2D eigenvalue weighted by Crippen LogP contribution is 2.34. The summed E-state index contributed by atoms with van der Waals surface area (Å²) in [7, 11) is 0. The highest BCUT2D eigenvalue weighted by Gasteiger charge is 2.23. The normalized spacial score (nSPS) is 21.3. The Kier molecular flexibility index (Phi) is 14.2. The predicted molar refractivity (Wildman–Crippen MR) is 137 cm³/mol. The molecular formula is C29H52O3. The molecule has 1 rings (SSSR count). The van der Waals surface area contributed by atoms with Gasteiger partial charge in [-0.25, -0.2) is 0 Å². The Labute approximate surface area is 199 Å². The minimum atomic E-state index is -0.439. The lowest BCUT2D eigenvalue weighted by Crippen LogP contribution is -2.25. The molecule has 3 nitrogen and oxygen atoms in total. The molecule has 0 N–H and O–H groups in total. The Balaban J connectivity index is 2.67. The highest BCUT2D eigenvalue weighted by atomic mass is 16.6. The van der Waals surface area contributed by atoms with Crippen molar-refractivity contribution < 1.29 is 14.3 Å². The molecule has 0 spiro atoms. The maximum Gasteiger partial charge on any atom is 0.306 e. The van der Waals surface area contributed by atoms with Gasteiger partial charge in [0.05, 0.1) is 6.42 Å². The van der Waals surface area contributed by atoms with E-state index >= 15 is 0 Å². The number of carbonyl (C=O) groups is 1. The maximum absolute atomic E-state index is 12.6. The van der Waals surface area contributed by atoms with Crippen molar-refractivity contribution in [3.05, 3.63) is 23.8 Å². The predicted octanol–water partition coefficient (Wildman–Crippen LogP) is 8.29. The van der Waals surface area contributed by atoms with Crippen LogP contribution in [0.5, 0.6) is 0 Å². The Morgan fingerprint density at radius 3 is 2.28 bits per heavy atom. The van der Waals surface area contributed by atoms with Gasteiger partial charge in [-0.15, -0.1) is 0 Å². The minimum Gasteiger partial charge on any atom is -0.460 e. The number of unbranched alkanes of at least 4 members (excludes halogenated alkanes) is 1. The minimum absolute atomic E-state index is 0.101. The molecule has 3 heteroatoms. The van der Waals surface area contributed by atoms with E-state index in [1.165, 1.54) is 37.7 Å². The first-order valence-corrected chi connectivity index (χ1v) is 13.3. The summed E-state index contributed by atoms with van der Waals surface area (Å²) < 4.78 is 11.4. The third-order valence-corrected chi connectivity index (χ3v) is 6.38. The van der Waals surface area contributed by atoms with E-state index in [0.29, 0.717) is 12.3 Å². The molecule has 32 heavy (non-hydrogen) atoms. The van der Waals surface area contributed by atoms with Gasteiger partial charge >= 0.3 is 5.97 Å². The molecular weight excluding hydrogens is 396 g/mol. The van der Waals surface area contributed by atoms with Gasteiger partial charge in [0.1, 0.15) is 5.60 Å². The lowest BCUT2D eigenvalue weighted by molar-refractivity contribution is -0.155. The number of ether oxygens (including phenoxy) is 2. The number of carbonyl (C=O) groups excluding carboxylic acids is 1. The van der Waals surface area contributed by atoms with Crippen LogP contribution in [0.2, 0.25) is 0 Å². The van der Waals surface area contributed by atoms with E-state index < -0.39 is 5.60 Å². The highest BCUT2D eigenvalue weighted by molar-refractivity contribution is 5.70. The molecule has 186 valence electrons. The van der Waals surface area contributed by atoms with E-state index in [2.05, 4.69) is 45.9 Å². The molecule has 1 atom stereocenters. The summed E-state index contributed by atoms with van der Waals surface area (Å²) in [5, 5.41) is 0. The third kappa shape index (κ3) is 13.5. The van der Waals surface area contributed by atoms with Gasteiger partial charge in [0.25, 0.3) is 0 Å². The van der Waals surface area contributed by atoms with Crippen molar-refractivity contribution in [1.82, 2.24) is 0 Å². The van der Waals surface area contributed by atoms with Gasteiger partial charge in [0, 0.05) is 13.2 Å². The second-order valence-corrected chi connectivity index (χ2v) is 11.2. The fourth-order valence-electron chi connectivity index (χ4n) is 4.75. The number of rotatable bonds is 14. The summed E-state index contributed by atoms with van der Waals surface area (Å²) >= 11 is 0. The van der Waals surface area contributed by atoms with Crippen LogP contribution in [-0.2, 0) is 14.3 Å². The molecule has 0 aromatic heterocycles. The Hall–Kier alpha value is -1.09. The lowest BCUT2D eigenvalue weighted by Gasteiger charge is -2.28. The Morgan fingerprint density at radius 1 is 1.06 bits per heavy atom. The first-order valence-electron chi connectivity index (χ1n) is 13.3. The molecule has 0 heterocycles. The second-order valence-electron chi connectivity index (χ2n) is 11.2. The monoisotopic (exact) mass is 448 g/mol. The summed E-state index contributed by atoms with van der Waals surface area (Å²) in [5.41, 5.74) is 0.833. The zero-order valence-corrected chi connectivity index (χ0v) is 22.3. The number of hydrogen-bond acceptors (Lipinski definition) is 3. The van der Waals surface area contributed by atoms with Gasteiger partial charge < -0.3 is 9.47 Å². The molecule has 0 aliphatic heterocycles. The first kappa shape index (κ1) is 28.9. The average Bonchev–Trinajstić information content (AvgIpc) is 2.70. The fraction of sp³-hybridized carbons (Fsp3) is 0.828. The van der Waals surface area contributed by atoms with Crippen molar-refractivity contribution in [3.63, 3.8) is 0 Å². The number of hydrogen-bond donors (Lipinski definition) is 0. The molecule has 1 fully saturated rings. The summed E-state index contributed by atoms with van der Waals surface area (Å²) in [4.78, 5) is 12.6. The van der Waals surface area contributed by atoms with Crippen LogP contribution in [0.15, 0.2) is 23.8 Å². The zero-order valence-electron chi connectivity index (χ0n) is 22.3. The molecule has 1 aliphatic rings. The van der Waals surface area contributed by atoms with Crippen molar-refractivity contribution in [1.29, 1.82) is 0 Å². The standard InChI is InChI=1S/C29H52O3/c1-8-10-19-31-20-11-12-27(22-28(30)32-29(5,6)7)26(9-2)18-17-24-13-15-25(16-14-24)21-23(3)4/h9,17-18,23-25,27H,8,10-16,19-22H2,1-7H3/b18-17?,26-9+/t24-,25+,27?. The van der Waals surface area contributed by atoms with Gasteiger partial charge in [-0.3, -0.25) is 4.79 Å². The molecule has 0 amide bonds. The van der Waals surface area contributed by atoms with Crippen LogP contribution >= 0.6 is 0 Å². The van der Waals surface area contributed by atoms with Crippen LogP contribution < -0.4 is 0 Å². The summed E-state index contributed by atoms with van der Waals surface area (Å²) in [6.45, 7) is 16.4. The lowest BCUT2D eigenvalue weighted by atomic mass is 9.78. The van der Waals surface area contributed by atoms with E-state index in [1.54, 1.807) is 0 Å². The van der Waals surface area contributed by atoms with Gasteiger partial charge in [-0.1, -0.05) is 45.4 Å². The third-order valence-electron chi connectivity index (χ3n) is 6.38.